The largest absolute Gasteiger partial charge is 0.497 e. The fourth-order valence-corrected chi connectivity index (χ4v) is 5.45. The van der Waals surface area contributed by atoms with Crippen LogP contribution in [0.1, 0.15) is 52.9 Å². The first kappa shape index (κ1) is 26.7. The van der Waals surface area contributed by atoms with Gasteiger partial charge in [-0.25, -0.2) is 4.39 Å². The number of halogens is 1. The second kappa shape index (κ2) is 12.7. The van der Waals surface area contributed by atoms with Crippen molar-refractivity contribution in [3.05, 3.63) is 81.8 Å². The molecule has 0 radical (unpaired) electrons. The topological polar surface area (TPSA) is 59.1 Å². The first-order valence-corrected chi connectivity index (χ1v) is 13.4. The van der Waals surface area contributed by atoms with Crippen molar-refractivity contribution in [2.75, 3.05) is 20.8 Å². The van der Waals surface area contributed by atoms with Crippen LogP contribution in [0.15, 0.2) is 60.0 Å². The number of benzene rings is 2. The van der Waals surface area contributed by atoms with E-state index in [9.17, 15) is 14.0 Å². The summed E-state index contributed by atoms with van der Waals surface area (Å²) >= 11 is 1.58. The summed E-state index contributed by atoms with van der Waals surface area (Å²) in [5.41, 5.74) is 1.26. The lowest BCUT2D eigenvalue weighted by molar-refractivity contribution is -0.133. The van der Waals surface area contributed by atoms with Crippen LogP contribution in [0.4, 0.5) is 4.39 Å². The minimum atomic E-state index is -0.317. The lowest BCUT2D eigenvalue weighted by atomic mass is 9.93. The first-order chi connectivity index (χ1) is 18.0. The van der Waals surface area contributed by atoms with E-state index in [4.69, 9.17) is 9.47 Å². The van der Waals surface area contributed by atoms with E-state index in [1.165, 1.54) is 12.1 Å². The Labute approximate surface area is 221 Å². The lowest BCUT2D eigenvalue weighted by Crippen LogP contribution is -2.48. The van der Waals surface area contributed by atoms with E-state index in [0.717, 1.165) is 42.5 Å². The number of carbonyl (C=O) groups excluding carboxylic acids is 2. The zero-order valence-corrected chi connectivity index (χ0v) is 22.1. The Bertz CT molecular complexity index is 1150. The Morgan fingerprint density at radius 2 is 1.62 bits per heavy atom. The molecule has 3 aromatic rings. The maximum absolute atomic E-state index is 13.9. The molecule has 196 valence electrons. The number of hydrogen-bond donors (Lipinski definition) is 0. The van der Waals surface area contributed by atoms with Crippen molar-refractivity contribution in [3.8, 4) is 11.5 Å². The second-order valence-electron chi connectivity index (χ2n) is 9.28. The fraction of sp³-hybridized carbons (Fsp3) is 0.379. The molecule has 0 aliphatic heterocycles. The molecule has 0 atom stereocenters. The van der Waals surface area contributed by atoms with Crippen LogP contribution in [0.5, 0.6) is 11.5 Å². The molecule has 8 heteroatoms. The quantitative estimate of drug-likeness (QED) is 0.331. The van der Waals surface area contributed by atoms with Gasteiger partial charge in [-0.1, -0.05) is 37.5 Å². The van der Waals surface area contributed by atoms with Gasteiger partial charge in [0.05, 0.1) is 20.8 Å². The Balaban J connectivity index is 1.61. The molecule has 2 amide bonds. The Kier molecular flexibility index (Phi) is 9.17. The van der Waals surface area contributed by atoms with Crippen molar-refractivity contribution in [2.45, 2.75) is 51.2 Å². The number of methoxy groups -OCH3 is 2. The Morgan fingerprint density at radius 3 is 2.22 bits per heavy atom. The monoisotopic (exact) mass is 524 g/mol. The Morgan fingerprint density at radius 1 is 0.946 bits per heavy atom. The highest BCUT2D eigenvalue weighted by molar-refractivity contribution is 7.09. The zero-order valence-electron chi connectivity index (χ0n) is 21.3. The van der Waals surface area contributed by atoms with Gasteiger partial charge >= 0.3 is 0 Å². The van der Waals surface area contributed by atoms with Gasteiger partial charge in [0.2, 0.25) is 5.91 Å². The van der Waals surface area contributed by atoms with E-state index in [2.05, 4.69) is 0 Å². The van der Waals surface area contributed by atoms with Gasteiger partial charge in [-0.05, 0) is 54.1 Å². The predicted molar refractivity (Wildman–Crippen MR) is 142 cm³/mol. The van der Waals surface area contributed by atoms with Gasteiger partial charge in [-0.15, -0.1) is 11.3 Å². The molecule has 6 nitrogen and oxygen atoms in total. The predicted octanol–water partition coefficient (Wildman–Crippen LogP) is 5.91. The smallest absolute Gasteiger partial charge is 0.254 e. The third-order valence-corrected chi connectivity index (χ3v) is 7.61. The summed E-state index contributed by atoms with van der Waals surface area (Å²) in [4.78, 5) is 32.2. The molecule has 4 rings (SSSR count). The summed E-state index contributed by atoms with van der Waals surface area (Å²) < 4.78 is 24.2. The highest BCUT2D eigenvalue weighted by Crippen LogP contribution is 2.28. The maximum Gasteiger partial charge on any atom is 0.254 e. The van der Waals surface area contributed by atoms with Gasteiger partial charge in [-0.2, -0.15) is 0 Å². The molecule has 1 saturated carbocycles. The van der Waals surface area contributed by atoms with Crippen molar-refractivity contribution in [3.63, 3.8) is 0 Å². The van der Waals surface area contributed by atoms with E-state index >= 15 is 0 Å². The van der Waals surface area contributed by atoms with E-state index in [1.807, 2.05) is 17.5 Å². The van der Waals surface area contributed by atoms with Gasteiger partial charge in [0, 0.05) is 29.1 Å². The van der Waals surface area contributed by atoms with Crippen LogP contribution < -0.4 is 9.47 Å². The van der Waals surface area contributed by atoms with Crippen LogP contribution in [-0.2, 0) is 17.9 Å². The third-order valence-electron chi connectivity index (χ3n) is 6.75. The van der Waals surface area contributed by atoms with Crippen LogP contribution in [0.3, 0.4) is 0 Å². The molecule has 2 aromatic carbocycles. The summed E-state index contributed by atoms with van der Waals surface area (Å²) in [5.74, 6) is 0.367. The molecule has 0 saturated heterocycles. The first-order valence-electron chi connectivity index (χ1n) is 12.6. The molecule has 1 aromatic heterocycles. The van der Waals surface area contributed by atoms with Gasteiger partial charge in [0.25, 0.3) is 5.91 Å². The number of rotatable bonds is 10. The minimum Gasteiger partial charge on any atom is -0.497 e. The van der Waals surface area contributed by atoms with Crippen molar-refractivity contribution in [1.29, 1.82) is 0 Å². The SMILES string of the molecule is COc1cc(OC)cc(C(=O)N(CC(=O)N(Cc2ccc(F)cc2)Cc2cccs2)C2CCCCC2)c1. The zero-order chi connectivity index (χ0) is 26.2. The van der Waals surface area contributed by atoms with Crippen LogP contribution in [-0.4, -0.2) is 48.4 Å². The average Bonchev–Trinajstić information content (AvgIpc) is 3.45. The number of ether oxygens (including phenoxy) is 2. The molecule has 1 aliphatic carbocycles. The average molecular weight is 525 g/mol. The number of carbonyl (C=O) groups is 2. The lowest BCUT2D eigenvalue weighted by Gasteiger charge is -2.35. The fourth-order valence-electron chi connectivity index (χ4n) is 4.74. The summed E-state index contributed by atoms with van der Waals surface area (Å²) in [7, 11) is 3.09. The van der Waals surface area contributed by atoms with Gasteiger partial charge < -0.3 is 19.3 Å². The minimum absolute atomic E-state index is 0.0168. The third kappa shape index (κ3) is 7.10. The summed E-state index contributed by atoms with van der Waals surface area (Å²) in [5, 5.41) is 1.98. The molecular weight excluding hydrogens is 491 g/mol. The summed E-state index contributed by atoms with van der Waals surface area (Å²) in [6.45, 7) is 0.722. The molecule has 1 fully saturated rings. The molecule has 37 heavy (non-hydrogen) atoms. The number of amides is 2. The van der Waals surface area contributed by atoms with Crippen LogP contribution >= 0.6 is 11.3 Å². The maximum atomic E-state index is 13.9. The normalized spacial score (nSPS) is 13.7. The van der Waals surface area contributed by atoms with Crippen LogP contribution in [0.2, 0.25) is 0 Å². The second-order valence-corrected chi connectivity index (χ2v) is 10.3. The van der Waals surface area contributed by atoms with E-state index in [1.54, 1.807) is 65.7 Å². The molecule has 1 aliphatic rings. The van der Waals surface area contributed by atoms with Crippen LogP contribution in [0.25, 0.3) is 0 Å². The van der Waals surface area contributed by atoms with Crippen molar-refractivity contribution in [1.82, 2.24) is 9.80 Å². The number of hydrogen-bond acceptors (Lipinski definition) is 5. The molecule has 1 heterocycles. The molecule has 0 spiro atoms. The number of thiophene rings is 1. The van der Waals surface area contributed by atoms with Crippen LogP contribution in [0, 0.1) is 5.82 Å². The molecular formula is C29H33FN2O4S. The summed E-state index contributed by atoms with van der Waals surface area (Å²) in [6.07, 6.45) is 4.91. The molecule has 0 N–H and O–H groups in total. The van der Waals surface area contributed by atoms with Crippen molar-refractivity contribution < 1.29 is 23.5 Å². The van der Waals surface area contributed by atoms with E-state index < -0.39 is 0 Å². The molecule has 0 bridgehead atoms. The van der Waals surface area contributed by atoms with Gasteiger partial charge in [0.15, 0.2) is 0 Å². The highest BCUT2D eigenvalue weighted by atomic mass is 32.1. The van der Waals surface area contributed by atoms with E-state index in [-0.39, 0.29) is 30.2 Å². The number of nitrogens with zero attached hydrogens (tertiary/aromatic N) is 2. The molecule has 0 unspecified atom stereocenters. The Hall–Kier alpha value is -3.39. The summed E-state index contributed by atoms with van der Waals surface area (Å²) in [6, 6.07) is 15.2. The van der Waals surface area contributed by atoms with E-state index in [0.29, 0.717) is 30.2 Å². The van der Waals surface area contributed by atoms with Gasteiger partial charge in [-0.3, -0.25) is 9.59 Å². The van der Waals surface area contributed by atoms with Crippen molar-refractivity contribution >= 4 is 23.2 Å². The van der Waals surface area contributed by atoms with Crippen molar-refractivity contribution in [2.24, 2.45) is 0 Å². The van der Waals surface area contributed by atoms with Gasteiger partial charge in [0.1, 0.15) is 23.9 Å². The standard InChI is InChI=1S/C29H33FN2O4S/c1-35-25-15-22(16-26(17-25)36-2)29(34)32(24-7-4-3-5-8-24)20-28(33)31(19-27-9-6-14-37-27)18-21-10-12-23(30)13-11-21/h6,9-17,24H,3-5,7-8,18-20H2,1-2H3. The highest BCUT2D eigenvalue weighted by Gasteiger charge is 2.30.